The molecule has 0 amide bonds. The van der Waals surface area contributed by atoms with Gasteiger partial charge in [0.05, 0.1) is 16.5 Å². The molecule has 0 aromatic heterocycles. The Bertz CT molecular complexity index is 1290. The summed E-state index contributed by atoms with van der Waals surface area (Å²) in [5, 5.41) is 0. The molecule has 3 rings (SSSR count). The Kier molecular flexibility index (Phi) is 9.27. The van der Waals surface area contributed by atoms with Gasteiger partial charge in [0.2, 0.25) is 10.0 Å². The van der Waals surface area contributed by atoms with Crippen molar-refractivity contribution < 1.29 is 35.9 Å². The van der Waals surface area contributed by atoms with Crippen molar-refractivity contribution in [3.05, 3.63) is 53.1 Å². The van der Waals surface area contributed by atoms with Crippen LogP contribution in [-0.4, -0.2) is 51.0 Å². The number of carbonyl (C=O) groups excluding carboxylic acids is 1. The Morgan fingerprint density at radius 2 is 1.74 bits per heavy atom. The van der Waals surface area contributed by atoms with E-state index < -0.39 is 44.3 Å². The molecular weight excluding hydrogens is 533 g/mol. The SMILES string of the molecule is CCN(CC)c1cc(C(F)(F)F)cc(S(=O)(=O)N(C)C2CCCc3c(OCC(=O)OC(C)(C)C)cccc32)c1. The zero-order valence-corrected chi connectivity index (χ0v) is 24.1. The van der Waals surface area contributed by atoms with Gasteiger partial charge in [-0.1, -0.05) is 12.1 Å². The molecule has 0 heterocycles. The van der Waals surface area contributed by atoms with Gasteiger partial charge in [0.1, 0.15) is 11.4 Å². The molecule has 0 saturated carbocycles. The van der Waals surface area contributed by atoms with E-state index in [1.54, 1.807) is 57.7 Å². The third-order valence-electron chi connectivity index (χ3n) is 6.66. The lowest BCUT2D eigenvalue weighted by Gasteiger charge is -2.33. The molecule has 11 heteroatoms. The van der Waals surface area contributed by atoms with Crippen molar-refractivity contribution in [2.45, 2.75) is 76.6 Å². The van der Waals surface area contributed by atoms with Gasteiger partial charge in [-0.3, -0.25) is 0 Å². The van der Waals surface area contributed by atoms with Crippen LogP contribution < -0.4 is 9.64 Å². The number of sulfonamides is 1. The standard InChI is InChI=1S/C28H37F3N2O5S/c1-7-33(8-2)20-15-19(28(29,30)31)16-21(17-20)39(35,36)32(6)24-13-9-12-23-22(24)11-10-14-25(23)37-18-26(34)38-27(3,4)5/h10-11,14-17,24H,7-9,12-13,18H2,1-6H3. The van der Waals surface area contributed by atoms with E-state index in [4.69, 9.17) is 9.47 Å². The van der Waals surface area contributed by atoms with E-state index >= 15 is 0 Å². The third kappa shape index (κ3) is 7.25. The Hall–Kier alpha value is -2.79. The van der Waals surface area contributed by atoms with Crippen LogP contribution in [0.1, 0.15) is 70.2 Å². The van der Waals surface area contributed by atoms with Gasteiger partial charge in [0, 0.05) is 25.8 Å². The zero-order valence-electron chi connectivity index (χ0n) is 23.3. The molecule has 1 unspecified atom stereocenters. The van der Waals surface area contributed by atoms with Crippen LogP contribution in [0.15, 0.2) is 41.3 Å². The highest BCUT2D eigenvalue weighted by Gasteiger charge is 2.37. The van der Waals surface area contributed by atoms with Crippen LogP contribution in [0.25, 0.3) is 0 Å². The number of anilines is 1. The second-order valence-electron chi connectivity index (χ2n) is 10.5. The number of benzene rings is 2. The summed E-state index contributed by atoms with van der Waals surface area (Å²) in [7, 11) is -2.91. The number of hydrogen-bond acceptors (Lipinski definition) is 6. The number of carbonyl (C=O) groups is 1. The molecule has 0 fully saturated rings. The number of esters is 1. The monoisotopic (exact) mass is 570 g/mol. The van der Waals surface area contributed by atoms with E-state index in [1.165, 1.54) is 13.1 Å². The second kappa shape index (κ2) is 11.8. The van der Waals surface area contributed by atoms with Gasteiger partial charge in [-0.2, -0.15) is 17.5 Å². The number of nitrogens with zero attached hydrogens (tertiary/aromatic N) is 2. The Morgan fingerprint density at radius 1 is 1.08 bits per heavy atom. The summed E-state index contributed by atoms with van der Waals surface area (Å²) in [5.74, 6) is -0.0718. The summed E-state index contributed by atoms with van der Waals surface area (Å²) in [6.07, 6.45) is -2.97. The van der Waals surface area contributed by atoms with Crippen molar-refractivity contribution in [2.75, 3.05) is 31.6 Å². The highest BCUT2D eigenvalue weighted by Crippen LogP contribution is 2.41. The summed E-state index contributed by atoms with van der Waals surface area (Å²) in [4.78, 5) is 13.4. The lowest BCUT2D eigenvalue weighted by Crippen LogP contribution is -2.34. The minimum atomic E-state index is -4.70. The minimum Gasteiger partial charge on any atom is -0.482 e. The number of alkyl halides is 3. The maximum atomic E-state index is 13.8. The summed E-state index contributed by atoms with van der Waals surface area (Å²) in [6, 6.07) is 7.58. The van der Waals surface area contributed by atoms with Crippen LogP contribution in [-0.2, 0) is 32.2 Å². The van der Waals surface area contributed by atoms with Gasteiger partial charge in [0.15, 0.2) is 6.61 Å². The van der Waals surface area contributed by atoms with Crippen LogP contribution in [0.5, 0.6) is 5.75 Å². The van der Waals surface area contributed by atoms with Crippen LogP contribution in [0.3, 0.4) is 0 Å². The van der Waals surface area contributed by atoms with Crippen LogP contribution in [0, 0.1) is 0 Å². The smallest absolute Gasteiger partial charge is 0.416 e. The van der Waals surface area contributed by atoms with Crippen molar-refractivity contribution in [3.8, 4) is 5.75 Å². The van der Waals surface area contributed by atoms with Crippen LogP contribution >= 0.6 is 0 Å². The number of rotatable bonds is 9. The van der Waals surface area contributed by atoms with Crippen molar-refractivity contribution in [2.24, 2.45) is 0 Å². The predicted molar refractivity (Wildman–Crippen MR) is 143 cm³/mol. The lowest BCUT2D eigenvalue weighted by atomic mass is 9.87. The fourth-order valence-corrected chi connectivity index (χ4v) is 6.24. The number of hydrogen-bond donors (Lipinski definition) is 0. The minimum absolute atomic E-state index is 0.198. The van der Waals surface area contributed by atoms with Gasteiger partial charge in [-0.15, -0.1) is 0 Å². The zero-order chi connectivity index (χ0) is 29.2. The molecule has 2 aromatic rings. The molecule has 0 spiro atoms. The molecule has 1 atom stereocenters. The predicted octanol–water partition coefficient (Wildman–Crippen LogP) is 5.97. The molecule has 0 N–H and O–H groups in total. The van der Waals surface area contributed by atoms with E-state index in [-0.39, 0.29) is 12.3 Å². The van der Waals surface area contributed by atoms with E-state index in [0.717, 1.165) is 15.9 Å². The van der Waals surface area contributed by atoms with Crippen molar-refractivity contribution in [3.63, 3.8) is 0 Å². The van der Waals surface area contributed by atoms with E-state index in [2.05, 4.69) is 0 Å². The molecule has 1 aliphatic carbocycles. The molecule has 7 nitrogen and oxygen atoms in total. The number of halogens is 3. The molecule has 0 aliphatic heterocycles. The molecule has 0 bridgehead atoms. The first-order chi connectivity index (χ1) is 18.1. The second-order valence-corrected chi connectivity index (χ2v) is 12.5. The third-order valence-corrected chi connectivity index (χ3v) is 8.51. The van der Waals surface area contributed by atoms with E-state index in [1.807, 2.05) is 0 Å². The topological polar surface area (TPSA) is 76.2 Å². The highest BCUT2D eigenvalue weighted by molar-refractivity contribution is 7.89. The quantitative estimate of drug-likeness (QED) is 0.346. The number of ether oxygens (including phenoxy) is 2. The molecule has 1 aliphatic rings. The summed E-state index contributed by atoms with van der Waals surface area (Å²) >= 11 is 0. The average molecular weight is 571 g/mol. The van der Waals surface area contributed by atoms with Crippen molar-refractivity contribution >= 4 is 21.7 Å². The maximum Gasteiger partial charge on any atom is 0.416 e. The van der Waals surface area contributed by atoms with E-state index in [9.17, 15) is 26.4 Å². The first kappa shape index (κ1) is 30.7. The molecule has 39 heavy (non-hydrogen) atoms. The Balaban J connectivity index is 1.96. The largest absolute Gasteiger partial charge is 0.482 e. The van der Waals surface area contributed by atoms with Crippen LogP contribution in [0.4, 0.5) is 18.9 Å². The molecule has 2 aromatic carbocycles. The summed E-state index contributed by atoms with van der Waals surface area (Å²) < 4.78 is 81.0. The Morgan fingerprint density at radius 3 is 2.33 bits per heavy atom. The first-order valence-electron chi connectivity index (χ1n) is 13.0. The fourth-order valence-electron chi connectivity index (χ4n) is 4.81. The fraction of sp³-hybridized carbons (Fsp3) is 0.536. The van der Waals surface area contributed by atoms with Crippen molar-refractivity contribution in [1.82, 2.24) is 4.31 Å². The molecule has 0 saturated heterocycles. The van der Waals surface area contributed by atoms with Gasteiger partial charge in [-0.05, 0) is 89.3 Å². The highest BCUT2D eigenvalue weighted by atomic mass is 32.2. The molecule has 0 radical (unpaired) electrons. The van der Waals surface area contributed by atoms with Crippen molar-refractivity contribution in [1.29, 1.82) is 0 Å². The van der Waals surface area contributed by atoms with Crippen LogP contribution in [0.2, 0.25) is 0 Å². The van der Waals surface area contributed by atoms with Gasteiger partial charge >= 0.3 is 12.1 Å². The van der Waals surface area contributed by atoms with Gasteiger partial charge in [0.25, 0.3) is 0 Å². The lowest BCUT2D eigenvalue weighted by molar-refractivity contribution is -0.157. The normalized spacial score (nSPS) is 16.1. The maximum absolute atomic E-state index is 13.8. The summed E-state index contributed by atoms with van der Waals surface area (Å²) in [6.45, 7) is 9.41. The van der Waals surface area contributed by atoms with E-state index in [0.29, 0.717) is 49.7 Å². The average Bonchev–Trinajstić information content (AvgIpc) is 2.85. The molecular formula is C28H37F3N2O5S. The summed E-state index contributed by atoms with van der Waals surface area (Å²) in [5.41, 5.74) is -0.00516. The first-order valence-corrected chi connectivity index (χ1v) is 14.4. The molecule has 216 valence electrons. The number of fused-ring (bicyclic) bond motifs is 1. The van der Waals surface area contributed by atoms with Gasteiger partial charge < -0.3 is 14.4 Å². The van der Waals surface area contributed by atoms with Gasteiger partial charge in [-0.25, -0.2) is 13.2 Å². The Labute approximate surface area is 228 Å².